The molecule has 0 aliphatic rings. The monoisotopic (exact) mass is 1170 g/mol. The van der Waals surface area contributed by atoms with Gasteiger partial charge in [-0.05, 0) is 62.9 Å². The molecule has 0 spiro atoms. The number of aromatic nitrogens is 5. The normalized spacial score (nSPS) is 12.5. The lowest BCUT2D eigenvalue weighted by Crippen LogP contribution is -2.22. The maximum Gasteiger partial charge on any atom is 0.305 e. The summed E-state index contributed by atoms with van der Waals surface area (Å²) < 4.78 is 120. The summed E-state index contributed by atoms with van der Waals surface area (Å²) >= 11 is 16.9. The second-order valence-corrected chi connectivity index (χ2v) is 24.3. The van der Waals surface area contributed by atoms with Gasteiger partial charge in [-0.1, -0.05) is 57.6 Å². The quantitative estimate of drug-likeness (QED) is 0.0239. The average molecular weight is 1170 g/mol. The summed E-state index contributed by atoms with van der Waals surface area (Å²) in [5.41, 5.74) is 2.18. The van der Waals surface area contributed by atoms with Gasteiger partial charge >= 0.3 is 20.2 Å². The zero-order valence-electron chi connectivity index (χ0n) is 37.6. The third kappa shape index (κ3) is 12.2. The Hall–Kier alpha value is -4.71. The molecule has 0 unspecified atom stereocenters. The number of thioether (sulfide) groups is 1. The van der Waals surface area contributed by atoms with Gasteiger partial charge in [0.05, 0.1) is 63.5 Å². The number of ether oxygens (including phenoxy) is 2. The van der Waals surface area contributed by atoms with Crippen molar-refractivity contribution in [1.82, 2.24) is 23.7 Å². The Bertz CT molecular complexity index is 3340. The van der Waals surface area contributed by atoms with Crippen LogP contribution in [0.5, 0.6) is 11.5 Å². The van der Waals surface area contributed by atoms with Gasteiger partial charge in [-0.2, -0.15) is 49.0 Å². The number of thiophene rings is 2. The Morgan fingerprint density at radius 1 is 0.648 bits per heavy atom. The molecule has 5 aromatic heterocycles. The minimum Gasteiger partial charge on any atom is -0.494 e. The SMILES string of the molecule is CCN(CC)c1cc(Nc2nc(Nc3cc(N(CC)CC)c(OC)cc3N=Nc3snc4sc(S(=O)(=O)O)c(Cl)c34)nc(SCCS(=O)(=O)O)n2)c(N=Nc2snc3sc(S(=O)(=O)O)c(Cl)c23)cc1OC. The van der Waals surface area contributed by atoms with Crippen LogP contribution in [0.2, 0.25) is 10.0 Å². The van der Waals surface area contributed by atoms with Crippen molar-refractivity contribution < 1.29 is 48.4 Å². The van der Waals surface area contributed by atoms with E-state index >= 15 is 0 Å². The van der Waals surface area contributed by atoms with E-state index < -0.39 is 44.5 Å². The van der Waals surface area contributed by atoms with Crippen molar-refractivity contribution in [2.24, 2.45) is 20.5 Å². The first-order valence-electron chi connectivity index (χ1n) is 20.4. The number of fused-ring (bicyclic) bond motifs is 2. The van der Waals surface area contributed by atoms with Crippen LogP contribution >= 0.6 is 80.7 Å². The number of rotatable bonds is 22. The van der Waals surface area contributed by atoms with Crippen molar-refractivity contribution in [2.75, 3.05) is 72.3 Å². The molecule has 0 bridgehead atoms. The van der Waals surface area contributed by atoms with Gasteiger partial charge in [-0.15, -0.1) is 20.5 Å². The molecule has 7 rings (SSSR count). The summed E-state index contributed by atoms with van der Waals surface area (Å²) in [4.78, 5) is 18.3. The molecule has 0 aliphatic carbocycles. The fourth-order valence-electron chi connectivity index (χ4n) is 6.63. The molecule has 0 fully saturated rings. The second-order valence-electron chi connectivity index (χ2n) is 14.2. The van der Waals surface area contributed by atoms with Gasteiger partial charge in [0.25, 0.3) is 10.1 Å². The highest BCUT2D eigenvalue weighted by Gasteiger charge is 2.27. The van der Waals surface area contributed by atoms with E-state index in [1.54, 1.807) is 24.3 Å². The Labute approximate surface area is 436 Å². The fourth-order valence-corrected chi connectivity index (χ4v) is 14.9. The van der Waals surface area contributed by atoms with Gasteiger partial charge in [0.2, 0.25) is 11.9 Å². The Kier molecular flexibility index (Phi) is 16.9. The second kappa shape index (κ2) is 22.2. The lowest BCUT2D eigenvalue weighted by Gasteiger charge is -2.25. The minimum absolute atomic E-state index is 0.0116. The molecule has 0 saturated heterocycles. The summed E-state index contributed by atoms with van der Waals surface area (Å²) in [7, 11) is -10.7. The number of benzene rings is 2. The molecule has 0 saturated carbocycles. The van der Waals surface area contributed by atoms with E-state index in [1.165, 1.54) is 14.2 Å². The standard InChI is InChI=1S/C37H39Cl2N13O11S8/c1-7-51(8-2)21-13-17(19(15-23(21)62-5)45-47-29-25-27(38)33(70(56,57)58)65-31(25)49-67-29)40-35-42-36(44-37(43-35)64-11-12-69(53,54)55)41-18-14-22(52(9-3)10-4)24(63-6)16-20(18)46-48-30-26-28(39)34(71(59,60)61)66-32(26)50-68-30/h13-16H,7-12H2,1-6H3,(H,53,54,55)(H,56,57,58)(H,59,60,61)(H2,40,41,42,43,44). The summed E-state index contributed by atoms with van der Waals surface area (Å²) in [6, 6.07) is 6.66. The molecule has 0 aliphatic heterocycles. The molecular formula is C37H39Cl2N13O11S8. The number of halogens is 2. The van der Waals surface area contributed by atoms with E-state index in [9.17, 15) is 38.9 Å². The van der Waals surface area contributed by atoms with Crippen LogP contribution in [0.15, 0.2) is 58.3 Å². The van der Waals surface area contributed by atoms with E-state index in [1.807, 2.05) is 37.5 Å². The van der Waals surface area contributed by atoms with Crippen molar-refractivity contribution in [3.8, 4) is 11.5 Å². The van der Waals surface area contributed by atoms with Crippen molar-refractivity contribution in [1.29, 1.82) is 0 Å². The molecule has 34 heteroatoms. The van der Waals surface area contributed by atoms with E-state index in [0.29, 0.717) is 71.7 Å². The lowest BCUT2D eigenvalue weighted by molar-refractivity contribution is 0.414. The summed E-state index contributed by atoms with van der Waals surface area (Å²) in [5, 5.41) is 24.2. The topological polar surface area (TPSA) is 326 Å². The molecule has 0 radical (unpaired) electrons. The van der Waals surface area contributed by atoms with Crippen molar-refractivity contribution >= 4 is 188 Å². The molecule has 380 valence electrons. The average Bonchev–Trinajstić information content (AvgIpc) is 4.08. The van der Waals surface area contributed by atoms with Crippen molar-refractivity contribution in [2.45, 2.75) is 41.3 Å². The molecule has 0 amide bonds. The number of anilines is 6. The maximum atomic E-state index is 12.0. The Morgan fingerprint density at radius 2 is 1.06 bits per heavy atom. The van der Waals surface area contributed by atoms with Crippen LogP contribution in [0.1, 0.15) is 27.7 Å². The smallest absolute Gasteiger partial charge is 0.305 e. The zero-order chi connectivity index (χ0) is 51.6. The fraction of sp³-hybridized carbons (Fsp3) is 0.324. The number of hydrogen-bond acceptors (Lipinski definition) is 26. The Balaban J connectivity index is 1.36. The number of methoxy groups -OCH3 is 2. The van der Waals surface area contributed by atoms with Gasteiger partial charge in [0, 0.05) is 44.1 Å². The molecule has 2 aromatic carbocycles. The highest BCUT2D eigenvalue weighted by molar-refractivity contribution is 8.00. The van der Waals surface area contributed by atoms with Crippen LogP contribution in [-0.4, -0.2) is 115 Å². The van der Waals surface area contributed by atoms with Gasteiger partial charge < -0.3 is 29.9 Å². The zero-order valence-corrected chi connectivity index (χ0v) is 45.6. The van der Waals surface area contributed by atoms with Gasteiger partial charge in [0.15, 0.2) is 23.6 Å². The first-order chi connectivity index (χ1) is 33.6. The van der Waals surface area contributed by atoms with Gasteiger partial charge in [-0.25, -0.2) is 0 Å². The number of nitrogens with zero attached hydrogens (tertiary/aromatic N) is 11. The number of azo groups is 2. The first-order valence-corrected chi connectivity index (χ1v) is 29.8. The number of nitrogens with one attached hydrogen (secondary N) is 2. The number of hydrogen-bond donors (Lipinski definition) is 5. The van der Waals surface area contributed by atoms with Crippen LogP contribution in [0, 0.1) is 0 Å². The highest BCUT2D eigenvalue weighted by atomic mass is 35.5. The molecule has 0 atom stereocenters. The lowest BCUT2D eigenvalue weighted by atomic mass is 10.2. The highest BCUT2D eigenvalue weighted by Crippen LogP contribution is 2.49. The van der Waals surface area contributed by atoms with Crippen molar-refractivity contribution in [3.05, 3.63) is 34.3 Å². The molecule has 7 aromatic rings. The van der Waals surface area contributed by atoms with E-state index in [0.717, 1.165) is 34.8 Å². The van der Waals surface area contributed by atoms with Crippen LogP contribution in [0.4, 0.5) is 56.0 Å². The molecule has 71 heavy (non-hydrogen) atoms. The predicted octanol–water partition coefficient (Wildman–Crippen LogP) is 11.0. The van der Waals surface area contributed by atoms with Gasteiger partial charge in [-0.3, -0.25) is 13.7 Å². The van der Waals surface area contributed by atoms with Crippen molar-refractivity contribution in [3.63, 3.8) is 0 Å². The minimum atomic E-state index is -4.66. The summed E-state index contributed by atoms with van der Waals surface area (Å²) in [6.45, 7) is 10.1. The summed E-state index contributed by atoms with van der Waals surface area (Å²) in [6.07, 6.45) is 0. The van der Waals surface area contributed by atoms with E-state index in [2.05, 4.69) is 54.8 Å². The van der Waals surface area contributed by atoms with E-state index in [-0.39, 0.29) is 86.0 Å². The third-order valence-electron chi connectivity index (χ3n) is 9.91. The molecule has 24 nitrogen and oxygen atoms in total. The van der Waals surface area contributed by atoms with Crippen LogP contribution < -0.4 is 29.9 Å². The largest absolute Gasteiger partial charge is 0.494 e. The molecular weight excluding hydrogens is 1130 g/mol. The van der Waals surface area contributed by atoms with Crippen LogP contribution in [-0.2, 0) is 30.4 Å². The van der Waals surface area contributed by atoms with Gasteiger partial charge in [0.1, 0.15) is 32.5 Å². The Morgan fingerprint density at radius 3 is 1.41 bits per heavy atom. The molecule has 5 N–H and O–H groups in total. The first kappa shape index (κ1) is 54.1. The summed E-state index contributed by atoms with van der Waals surface area (Å²) in [5.74, 6) is -0.139. The van der Waals surface area contributed by atoms with Crippen LogP contribution in [0.3, 0.4) is 0 Å². The predicted molar refractivity (Wildman–Crippen MR) is 280 cm³/mol. The third-order valence-corrected chi connectivity index (χ3v) is 19.5. The maximum absolute atomic E-state index is 12.0. The molecule has 5 heterocycles. The van der Waals surface area contributed by atoms with E-state index in [4.69, 9.17) is 32.7 Å². The van der Waals surface area contributed by atoms with Crippen LogP contribution in [0.25, 0.3) is 20.4 Å².